The SMILES string of the molecule is CC(=O)OC[C@H]1O[C@@H](S[C@H]2[C@H](OCc3ccccc3)[C@@H](N=[N+]=[N-])[C@@H](OC(=N)C(Cl)(Cl)Cl)O[C@@H]2COC(C)=O)[C@H](NC(=O)OCc2ccccc2)[C@@H](OC(C)=O)[C@@H]1OC(C)=O. The Morgan fingerprint density at radius 1 is 0.767 bits per heavy atom. The monoisotopic (exact) mass is 917 g/mol. The van der Waals surface area contributed by atoms with E-state index in [0.717, 1.165) is 39.5 Å². The summed E-state index contributed by atoms with van der Waals surface area (Å²) in [7, 11) is 0. The van der Waals surface area contributed by atoms with Gasteiger partial charge in [0.25, 0.3) is 3.79 Å². The molecule has 0 saturated carbocycles. The van der Waals surface area contributed by atoms with Gasteiger partial charge in [-0.2, -0.15) is 0 Å². The number of carbonyl (C=O) groups is 5. The van der Waals surface area contributed by atoms with Crippen molar-refractivity contribution in [2.75, 3.05) is 13.2 Å². The molecular formula is C37H42Cl3N5O14S. The third kappa shape index (κ3) is 14.6. The van der Waals surface area contributed by atoms with Crippen LogP contribution in [0.2, 0.25) is 0 Å². The molecule has 0 aliphatic carbocycles. The number of ether oxygens (including phenoxy) is 9. The fourth-order valence-electron chi connectivity index (χ4n) is 6.04. The van der Waals surface area contributed by atoms with Gasteiger partial charge in [0.05, 0.1) is 18.0 Å². The van der Waals surface area contributed by atoms with Gasteiger partial charge in [0.15, 0.2) is 12.2 Å². The molecule has 2 aliphatic heterocycles. The summed E-state index contributed by atoms with van der Waals surface area (Å²) in [6.45, 7) is 3.17. The number of nitrogens with zero attached hydrogens (tertiary/aromatic N) is 3. The summed E-state index contributed by atoms with van der Waals surface area (Å²) < 4.78 is 49.8. The Bertz CT molecular complexity index is 1860. The van der Waals surface area contributed by atoms with Gasteiger partial charge in [-0.25, -0.2) is 4.79 Å². The fourth-order valence-corrected chi connectivity index (χ4v) is 7.79. The van der Waals surface area contributed by atoms with Gasteiger partial charge in [-0.15, -0.1) is 11.8 Å². The molecule has 2 aromatic rings. The van der Waals surface area contributed by atoms with Crippen LogP contribution in [0.25, 0.3) is 10.4 Å². The van der Waals surface area contributed by atoms with Gasteiger partial charge in [0.2, 0.25) is 12.2 Å². The second-order valence-corrected chi connectivity index (χ2v) is 16.6. The summed E-state index contributed by atoms with van der Waals surface area (Å²) in [4.78, 5) is 65.9. The number of carbonyl (C=O) groups excluding carboxylic acids is 5. The molecule has 10 atom stereocenters. The number of esters is 4. The largest absolute Gasteiger partial charge is 0.463 e. The van der Waals surface area contributed by atoms with Gasteiger partial charge in [0, 0.05) is 32.6 Å². The maximum absolute atomic E-state index is 13.6. The first-order valence-electron chi connectivity index (χ1n) is 18.0. The number of azide groups is 1. The van der Waals surface area contributed by atoms with Gasteiger partial charge in [-0.3, -0.25) is 24.6 Å². The van der Waals surface area contributed by atoms with E-state index in [2.05, 4.69) is 15.3 Å². The van der Waals surface area contributed by atoms with Gasteiger partial charge in [-0.05, 0) is 16.7 Å². The second-order valence-electron chi connectivity index (χ2n) is 13.1. The van der Waals surface area contributed by atoms with Crippen molar-refractivity contribution in [1.29, 1.82) is 5.41 Å². The quantitative estimate of drug-likeness (QED) is 0.0310. The van der Waals surface area contributed by atoms with Crippen molar-refractivity contribution < 1.29 is 66.6 Å². The van der Waals surface area contributed by atoms with E-state index >= 15 is 0 Å². The molecule has 326 valence electrons. The van der Waals surface area contributed by atoms with E-state index in [1.165, 1.54) is 0 Å². The zero-order chi connectivity index (χ0) is 44.0. The van der Waals surface area contributed by atoms with E-state index < -0.39 is 112 Å². The first-order valence-corrected chi connectivity index (χ1v) is 20.1. The standard InChI is InChI=1S/C37H42Cl3N5O14S/c1-19(46)51-17-25-29(55-21(3)48)30(56-22(4)49)28(43-36(50)54-16-24-13-9-6-10-14-24)34(58-25)60-32-26(18-52-20(2)47)57-33(59-35(41)37(38,39)40)27(44-45-42)31(32)53-15-23-11-7-5-8-12-23/h5-14,25-34,41H,15-18H2,1-4H3,(H,43,50)/t25-,26-,27-,28-,29-,30-,31-,32-,33-,34+/m1/s1. The molecule has 2 aromatic carbocycles. The number of rotatable bonds is 16. The number of amides is 1. The van der Waals surface area contributed by atoms with Crippen molar-refractivity contribution in [3.8, 4) is 0 Å². The molecule has 2 N–H and O–H groups in total. The van der Waals surface area contributed by atoms with Crippen molar-refractivity contribution in [2.24, 2.45) is 5.11 Å². The zero-order valence-electron chi connectivity index (χ0n) is 32.5. The molecule has 0 bridgehead atoms. The third-order valence-corrected chi connectivity index (χ3v) is 10.6. The normalized spacial score (nSPS) is 26.2. The minimum absolute atomic E-state index is 0.104. The third-order valence-electron chi connectivity index (χ3n) is 8.52. The number of hydrogen-bond donors (Lipinski definition) is 2. The van der Waals surface area contributed by atoms with Gasteiger partial charge < -0.3 is 47.9 Å². The van der Waals surface area contributed by atoms with E-state index in [4.69, 9.17) is 82.8 Å². The highest BCUT2D eigenvalue weighted by Gasteiger charge is 2.56. The fraction of sp³-hybridized carbons (Fsp3) is 0.514. The van der Waals surface area contributed by atoms with Crippen molar-refractivity contribution in [3.63, 3.8) is 0 Å². The molecule has 1 amide bonds. The summed E-state index contributed by atoms with van der Waals surface area (Å²) in [5, 5.41) is 13.7. The molecule has 60 heavy (non-hydrogen) atoms. The average molecular weight is 919 g/mol. The minimum Gasteiger partial charge on any atom is -0.463 e. The van der Waals surface area contributed by atoms with Crippen LogP contribution >= 0.6 is 46.6 Å². The molecule has 0 spiro atoms. The lowest BCUT2D eigenvalue weighted by molar-refractivity contribution is -0.215. The first-order chi connectivity index (χ1) is 28.5. The van der Waals surface area contributed by atoms with E-state index in [9.17, 15) is 29.5 Å². The lowest BCUT2D eigenvalue weighted by atomic mass is 9.97. The number of alkyl halides is 3. The molecule has 0 aromatic heterocycles. The van der Waals surface area contributed by atoms with Crippen LogP contribution in [0.4, 0.5) is 4.79 Å². The van der Waals surface area contributed by atoms with Gasteiger partial charge in [0.1, 0.15) is 49.5 Å². The summed E-state index contributed by atoms with van der Waals surface area (Å²) in [5.41, 5.74) is 9.73. The van der Waals surface area contributed by atoms with E-state index in [1.54, 1.807) is 60.7 Å². The first kappa shape index (κ1) is 48.1. The predicted octanol–water partition coefficient (Wildman–Crippen LogP) is 5.45. The predicted molar refractivity (Wildman–Crippen MR) is 214 cm³/mol. The number of nitrogens with one attached hydrogen (secondary N) is 2. The molecule has 0 unspecified atom stereocenters. The summed E-state index contributed by atoms with van der Waals surface area (Å²) in [5.74, 6) is -4.03. The summed E-state index contributed by atoms with van der Waals surface area (Å²) in [6, 6.07) is 14.7. The smallest absolute Gasteiger partial charge is 0.407 e. The van der Waals surface area contributed by atoms with Gasteiger partial charge in [-0.1, -0.05) is 101 Å². The number of halogens is 3. The van der Waals surface area contributed by atoms with Crippen molar-refractivity contribution in [1.82, 2.24) is 5.32 Å². The molecule has 2 heterocycles. The molecule has 2 fully saturated rings. The number of hydrogen-bond acceptors (Lipinski definition) is 17. The van der Waals surface area contributed by atoms with Crippen LogP contribution in [0.15, 0.2) is 65.8 Å². The van der Waals surface area contributed by atoms with Crippen LogP contribution < -0.4 is 5.32 Å². The Hall–Kier alpha value is -4.53. The highest BCUT2D eigenvalue weighted by Crippen LogP contribution is 2.42. The van der Waals surface area contributed by atoms with Crippen LogP contribution in [0, 0.1) is 5.41 Å². The number of benzene rings is 2. The van der Waals surface area contributed by atoms with Crippen LogP contribution in [-0.2, 0) is 75.0 Å². The average Bonchev–Trinajstić information content (AvgIpc) is 3.18. The maximum Gasteiger partial charge on any atom is 0.407 e. The Morgan fingerprint density at radius 3 is 1.85 bits per heavy atom. The topological polar surface area (TPSA) is 253 Å². The summed E-state index contributed by atoms with van der Waals surface area (Å²) >= 11 is 18.7. The molecule has 23 heteroatoms. The van der Waals surface area contributed by atoms with Crippen molar-refractivity contribution >= 4 is 82.4 Å². The highest BCUT2D eigenvalue weighted by atomic mass is 35.6. The molecule has 2 aliphatic rings. The lowest BCUT2D eigenvalue weighted by Gasteiger charge is -2.49. The lowest BCUT2D eigenvalue weighted by Crippen LogP contribution is -2.67. The molecule has 4 rings (SSSR count). The van der Waals surface area contributed by atoms with Crippen LogP contribution in [-0.4, -0.2) is 112 Å². The van der Waals surface area contributed by atoms with Crippen molar-refractivity contribution in [2.45, 2.75) is 104 Å². The molecular weight excluding hydrogens is 877 g/mol. The Kier molecular flexibility index (Phi) is 18.4. The van der Waals surface area contributed by atoms with E-state index in [-0.39, 0.29) is 13.2 Å². The molecule has 0 radical (unpaired) electrons. The van der Waals surface area contributed by atoms with Crippen LogP contribution in [0.3, 0.4) is 0 Å². The highest BCUT2D eigenvalue weighted by molar-refractivity contribution is 8.00. The van der Waals surface area contributed by atoms with Crippen LogP contribution in [0.5, 0.6) is 0 Å². The van der Waals surface area contributed by atoms with Gasteiger partial charge >= 0.3 is 30.0 Å². The summed E-state index contributed by atoms with van der Waals surface area (Å²) in [6.07, 6.45) is -9.54. The molecule has 19 nitrogen and oxygen atoms in total. The second kappa shape index (κ2) is 22.9. The van der Waals surface area contributed by atoms with Crippen molar-refractivity contribution in [3.05, 3.63) is 82.2 Å². The minimum atomic E-state index is -2.38. The van der Waals surface area contributed by atoms with Crippen LogP contribution in [0.1, 0.15) is 38.8 Å². The number of alkyl carbamates (subject to hydrolysis) is 1. The molecule has 2 saturated heterocycles. The van der Waals surface area contributed by atoms with E-state index in [0.29, 0.717) is 11.1 Å². The van der Waals surface area contributed by atoms with E-state index in [1.807, 2.05) is 0 Å². The Labute approximate surface area is 363 Å². The zero-order valence-corrected chi connectivity index (χ0v) is 35.6. The maximum atomic E-state index is 13.6. The Morgan fingerprint density at radius 2 is 1.32 bits per heavy atom. The number of thioether (sulfide) groups is 1. The Balaban J connectivity index is 1.85.